The van der Waals surface area contributed by atoms with Crippen LogP contribution in [-0.4, -0.2) is 25.0 Å². The maximum Gasteiger partial charge on any atom is 0.220 e. The average molecular weight is 196 g/mol. The van der Waals surface area contributed by atoms with E-state index in [2.05, 4.69) is 31.4 Å². The van der Waals surface area contributed by atoms with Crippen molar-refractivity contribution in [1.82, 2.24) is 10.6 Å². The Morgan fingerprint density at radius 3 is 2.43 bits per heavy atom. The molecular weight excluding hydrogens is 176 g/mol. The van der Waals surface area contributed by atoms with Gasteiger partial charge < -0.3 is 10.6 Å². The second-order valence-electron chi connectivity index (χ2n) is 5.82. The Bertz CT molecular complexity index is 234. The molecule has 2 N–H and O–H groups in total. The summed E-state index contributed by atoms with van der Waals surface area (Å²) in [5.41, 5.74) is 0.104. The third kappa shape index (κ3) is 2.08. The van der Waals surface area contributed by atoms with Gasteiger partial charge in [-0.15, -0.1) is 0 Å². The van der Waals surface area contributed by atoms with E-state index in [9.17, 15) is 4.79 Å². The third-order valence-corrected chi connectivity index (χ3v) is 3.11. The summed E-state index contributed by atoms with van der Waals surface area (Å²) in [6, 6.07) is 0.478. The first-order valence-corrected chi connectivity index (χ1v) is 5.47. The predicted molar refractivity (Wildman–Crippen MR) is 55.9 cm³/mol. The molecule has 0 spiro atoms. The standard InChI is InChI=1S/C11H20N2O/c1-11(2,3)4-9(14)13-10-7-5-12-6-8(7)10/h7-8,10,12H,4-6H2,1-3H3,(H,13,14). The summed E-state index contributed by atoms with van der Waals surface area (Å²) in [6.45, 7) is 8.47. The second-order valence-corrected chi connectivity index (χ2v) is 5.82. The van der Waals surface area contributed by atoms with E-state index in [4.69, 9.17) is 0 Å². The second kappa shape index (κ2) is 3.23. The highest BCUT2D eigenvalue weighted by molar-refractivity contribution is 5.77. The fraction of sp³-hybridized carbons (Fsp3) is 0.909. The topological polar surface area (TPSA) is 41.1 Å². The smallest absolute Gasteiger partial charge is 0.220 e. The van der Waals surface area contributed by atoms with Crippen LogP contribution in [0, 0.1) is 17.3 Å². The first-order chi connectivity index (χ1) is 6.47. The van der Waals surface area contributed by atoms with Crippen molar-refractivity contribution >= 4 is 5.91 Å². The number of hydrogen-bond donors (Lipinski definition) is 2. The van der Waals surface area contributed by atoms with Crippen molar-refractivity contribution in [2.75, 3.05) is 13.1 Å². The molecule has 2 aliphatic rings. The SMILES string of the molecule is CC(C)(C)CC(=O)NC1C2CNCC21. The van der Waals surface area contributed by atoms with Crippen molar-refractivity contribution in [1.29, 1.82) is 0 Å². The lowest BCUT2D eigenvalue weighted by Gasteiger charge is -2.17. The quantitative estimate of drug-likeness (QED) is 0.684. The molecule has 1 saturated heterocycles. The first-order valence-electron chi connectivity index (χ1n) is 5.47. The fourth-order valence-electron chi connectivity index (χ4n) is 2.35. The molecule has 2 unspecified atom stereocenters. The number of rotatable bonds is 2. The summed E-state index contributed by atoms with van der Waals surface area (Å²) in [4.78, 5) is 11.6. The number of carbonyl (C=O) groups excluding carboxylic acids is 1. The van der Waals surface area contributed by atoms with Crippen LogP contribution in [0.3, 0.4) is 0 Å². The molecule has 14 heavy (non-hydrogen) atoms. The summed E-state index contributed by atoms with van der Waals surface area (Å²) in [5.74, 6) is 1.66. The summed E-state index contributed by atoms with van der Waals surface area (Å²) in [7, 11) is 0. The van der Waals surface area contributed by atoms with Crippen molar-refractivity contribution in [3.8, 4) is 0 Å². The number of nitrogens with one attached hydrogen (secondary N) is 2. The minimum Gasteiger partial charge on any atom is -0.353 e. The van der Waals surface area contributed by atoms with Crippen LogP contribution in [0.2, 0.25) is 0 Å². The lowest BCUT2D eigenvalue weighted by atomic mass is 9.92. The number of amides is 1. The van der Waals surface area contributed by atoms with E-state index >= 15 is 0 Å². The normalized spacial score (nSPS) is 35.2. The first kappa shape index (κ1) is 9.97. The summed E-state index contributed by atoms with van der Waals surface area (Å²) in [5, 5.41) is 6.46. The van der Waals surface area contributed by atoms with E-state index in [0.717, 1.165) is 24.9 Å². The maximum atomic E-state index is 11.6. The average Bonchev–Trinajstić information content (AvgIpc) is 2.50. The zero-order valence-corrected chi connectivity index (χ0v) is 9.26. The highest BCUT2D eigenvalue weighted by Crippen LogP contribution is 2.41. The van der Waals surface area contributed by atoms with Crippen LogP contribution in [0.1, 0.15) is 27.2 Å². The van der Waals surface area contributed by atoms with Crippen LogP contribution in [0.25, 0.3) is 0 Å². The molecule has 0 bridgehead atoms. The maximum absolute atomic E-state index is 11.6. The summed E-state index contributed by atoms with van der Waals surface area (Å²) < 4.78 is 0. The third-order valence-electron chi connectivity index (χ3n) is 3.11. The number of piperidine rings is 1. The van der Waals surface area contributed by atoms with Gasteiger partial charge in [0.05, 0.1) is 0 Å². The zero-order chi connectivity index (χ0) is 10.3. The molecule has 1 aliphatic carbocycles. The van der Waals surface area contributed by atoms with Gasteiger partial charge >= 0.3 is 0 Å². The molecule has 3 nitrogen and oxygen atoms in total. The van der Waals surface area contributed by atoms with Crippen LogP contribution in [0.5, 0.6) is 0 Å². The Balaban J connectivity index is 1.74. The van der Waals surface area contributed by atoms with Gasteiger partial charge in [0, 0.05) is 25.6 Å². The van der Waals surface area contributed by atoms with Gasteiger partial charge in [-0.1, -0.05) is 20.8 Å². The van der Waals surface area contributed by atoms with E-state index in [1.54, 1.807) is 0 Å². The van der Waals surface area contributed by atoms with Gasteiger partial charge in [-0.3, -0.25) is 4.79 Å². The molecule has 1 heterocycles. The summed E-state index contributed by atoms with van der Waals surface area (Å²) >= 11 is 0. The molecule has 0 aromatic heterocycles. The number of fused-ring (bicyclic) bond motifs is 1. The molecule has 1 aliphatic heterocycles. The molecule has 0 aromatic carbocycles. The highest BCUT2D eigenvalue weighted by atomic mass is 16.1. The molecule has 1 amide bonds. The molecule has 2 rings (SSSR count). The van der Waals surface area contributed by atoms with Crippen molar-refractivity contribution in [2.24, 2.45) is 17.3 Å². The monoisotopic (exact) mass is 196 g/mol. The molecule has 2 atom stereocenters. The van der Waals surface area contributed by atoms with Crippen LogP contribution < -0.4 is 10.6 Å². The zero-order valence-electron chi connectivity index (χ0n) is 9.26. The predicted octanol–water partition coefficient (Wildman–Crippen LogP) is 0.757. The van der Waals surface area contributed by atoms with E-state index in [0.29, 0.717) is 12.5 Å². The van der Waals surface area contributed by atoms with E-state index in [1.807, 2.05) is 0 Å². The van der Waals surface area contributed by atoms with Gasteiger partial charge in [0.1, 0.15) is 0 Å². The number of carbonyl (C=O) groups is 1. The molecular formula is C11H20N2O. The molecule has 3 heteroatoms. The highest BCUT2D eigenvalue weighted by Gasteiger charge is 2.53. The van der Waals surface area contributed by atoms with Crippen LogP contribution >= 0.6 is 0 Å². The van der Waals surface area contributed by atoms with E-state index < -0.39 is 0 Å². The van der Waals surface area contributed by atoms with Crippen LogP contribution in [0.4, 0.5) is 0 Å². The fourth-order valence-corrected chi connectivity index (χ4v) is 2.35. The Morgan fingerprint density at radius 2 is 1.93 bits per heavy atom. The Hall–Kier alpha value is -0.570. The Morgan fingerprint density at radius 1 is 1.36 bits per heavy atom. The molecule has 80 valence electrons. The molecule has 1 saturated carbocycles. The van der Waals surface area contributed by atoms with E-state index in [-0.39, 0.29) is 11.3 Å². The Kier molecular flexibility index (Phi) is 2.30. The van der Waals surface area contributed by atoms with Gasteiger partial charge in [0.15, 0.2) is 0 Å². The largest absolute Gasteiger partial charge is 0.353 e. The minimum atomic E-state index is 0.104. The Labute approximate surface area is 85.6 Å². The van der Waals surface area contributed by atoms with Crippen LogP contribution in [0.15, 0.2) is 0 Å². The van der Waals surface area contributed by atoms with Gasteiger partial charge in [-0.05, 0) is 17.3 Å². The number of hydrogen-bond acceptors (Lipinski definition) is 2. The van der Waals surface area contributed by atoms with Gasteiger partial charge in [0.25, 0.3) is 0 Å². The van der Waals surface area contributed by atoms with Crippen molar-refractivity contribution < 1.29 is 4.79 Å². The molecule has 0 radical (unpaired) electrons. The lowest BCUT2D eigenvalue weighted by molar-refractivity contribution is -0.123. The van der Waals surface area contributed by atoms with Gasteiger partial charge in [-0.2, -0.15) is 0 Å². The van der Waals surface area contributed by atoms with Gasteiger partial charge in [0.2, 0.25) is 5.91 Å². The van der Waals surface area contributed by atoms with Crippen molar-refractivity contribution in [2.45, 2.75) is 33.2 Å². The molecule has 2 fully saturated rings. The van der Waals surface area contributed by atoms with Crippen molar-refractivity contribution in [3.63, 3.8) is 0 Å². The van der Waals surface area contributed by atoms with Crippen molar-refractivity contribution in [3.05, 3.63) is 0 Å². The molecule has 0 aromatic rings. The van der Waals surface area contributed by atoms with Crippen LogP contribution in [-0.2, 0) is 4.79 Å². The lowest BCUT2D eigenvalue weighted by Crippen LogP contribution is -2.34. The van der Waals surface area contributed by atoms with E-state index in [1.165, 1.54) is 0 Å². The van der Waals surface area contributed by atoms with Gasteiger partial charge in [-0.25, -0.2) is 0 Å². The minimum absolute atomic E-state index is 0.104. The summed E-state index contributed by atoms with van der Waals surface area (Å²) in [6.07, 6.45) is 0.635.